The van der Waals surface area contributed by atoms with Crippen molar-refractivity contribution in [2.75, 3.05) is 13.7 Å². The zero-order chi connectivity index (χ0) is 15.6. The Kier molecular flexibility index (Phi) is 4.57. The summed E-state index contributed by atoms with van der Waals surface area (Å²) in [6, 6.07) is 7.83. The van der Waals surface area contributed by atoms with Crippen LogP contribution >= 0.6 is 0 Å². The first-order valence-corrected chi connectivity index (χ1v) is 7.43. The average molecular weight is 291 g/mol. The number of hydrogen-bond donors (Lipinski definition) is 2. The molecule has 0 aliphatic heterocycles. The van der Waals surface area contributed by atoms with Crippen molar-refractivity contribution in [2.45, 2.75) is 39.2 Å². The van der Waals surface area contributed by atoms with E-state index in [1.54, 1.807) is 7.11 Å². The molecule has 0 radical (unpaired) electrons. The number of benzene rings is 1. The third-order valence-electron chi connectivity index (χ3n) is 4.13. The summed E-state index contributed by atoms with van der Waals surface area (Å²) in [5.41, 5.74) is 0.871. The van der Waals surface area contributed by atoms with E-state index >= 15 is 0 Å². The van der Waals surface area contributed by atoms with Crippen molar-refractivity contribution in [1.82, 2.24) is 5.32 Å². The third-order valence-corrected chi connectivity index (χ3v) is 4.13. The van der Waals surface area contributed by atoms with Crippen LogP contribution in [0.5, 0.6) is 5.75 Å². The molecule has 1 saturated carbocycles. The van der Waals surface area contributed by atoms with Crippen molar-refractivity contribution in [3.05, 3.63) is 29.8 Å². The molecule has 1 aromatic carbocycles. The van der Waals surface area contributed by atoms with Crippen LogP contribution in [0, 0.1) is 11.3 Å². The fourth-order valence-corrected chi connectivity index (χ4v) is 2.44. The van der Waals surface area contributed by atoms with Crippen molar-refractivity contribution in [3.63, 3.8) is 0 Å². The highest BCUT2D eigenvalue weighted by atomic mass is 16.5. The Balaban J connectivity index is 1.90. The largest absolute Gasteiger partial charge is 0.496 e. The maximum atomic E-state index is 12.2. The minimum atomic E-state index is -0.537. The van der Waals surface area contributed by atoms with Gasteiger partial charge < -0.3 is 15.2 Å². The summed E-state index contributed by atoms with van der Waals surface area (Å²) < 4.78 is 5.35. The van der Waals surface area contributed by atoms with Crippen LogP contribution < -0.4 is 10.1 Å². The van der Waals surface area contributed by atoms with Gasteiger partial charge in [-0.15, -0.1) is 0 Å². The van der Waals surface area contributed by atoms with Crippen molar-refractivity contribution in [1.29, 1.82) is 0 Å². The molecule has 2 N–H and O–H groups in total. The van der Waals surface area contributed by atoms with Crippen molar-refractivity contribution in [2.24, 2.45) is 11.3 Å². The minimum absolute atomic E-state index is 0.00605. The monoisotopic (exact) mass is 291 g/mol. The maximum Gasteiger partial charge on any atom is 0.223 e. The van der Waals surface area contributed by atoms with E-state index in [1.165, 1.54) is 0 Å². The second-order valence-corrected chi connectivity index (χ2v) is 6.82. The van der Waals surface area contributed by atoms with Gasteiger partial charge in [-0.2, -0.15) is 0 Å². The van der Waals surface area contributed by atoms with Gasteiger partial charge in [-0.25, -0.2) is 0 Å². The van der Waals surface area contributed by atoms with Crippen LogP contribution in [0.4, 0.5) is 0 Å². The average Bonchev–Trinajstić information content (AvgIpc) is 3.23. The van der Waals surface area contributed by atoms with Crippen LogP contribution in [0.1, 0.15) is 38.7 Å². The molecular weight excluding hydrogens is 266 g/mol. The molecule has 116 valence electrons. The molecule has 1 aliphatic carbocycles. The Morgan fingerprint density at radius 3 is 2.71 bits per heavy atom. The molecule has 1 fully saturated rings. The Hall–Kier alpha value is -1.55. The molecule has 0 bridgehead atoms. The van der Waals surface area contributed by atoms with E-state index in [2.05, 4.69) is 5.32 Å². The number of carbonyl (C=O) groups is 1. The van der Waals surface area contributed by atoms with E-state index < -0.39 is 6.10 Å². The Labute approximate surface area is 126 Å². The van der Waals surface area contributed by atoms with Gasteiger partial charge in [0.25, 0.3) is 0 Å². The van der Waals surface area contributed by atoms with Crippen LogP contribution in [0.2, 0.25) is 0 Å². The van der Waals surface area contributed by atoms with Gasteiger partial charge in [0, 0.05) is 12.5 Å². The molecule has 1 aliphatic rings. The molecule has 0 heterocycles. The quantitative estimate of drug-likeness (QED) is 0.875. The molecule has 3 atom stereocenters. The SMILES string of the molecule is COc1ccccc1C1CC1C(=O)NCC(O)C(C)(C)C. The Bertz CT molecular complexity index is 507. The molecule has 4 nitrogen and oxygen atoms in total. The van der Waals surface area contributed by atoms with Gasteiger partial charge in [-0.05, 0) is 29.4 Å². The van der Waals surface area contributed by atoms with Gasteiger partial charge in [0.15, 0.2) is 0 Å². The minimum Gasteiger partial charge on any atom is -0.496 e. The standard InChI is InChI=1S/C17H25NO3/c1-17(2,3)15(19)10-18-16(20)13-9-12(13)11-7-5-6-8-14(11)21-4/h5-8,12-13,15,19H,9-10H2,1-4H3,(H,18,20). The highest BCUT2D eigenvalue weighted by Crippen LogP contribution is 2.50. The lowest BCUT2D eigenvalue weighted by atomic mass is 9.89. The zero-order valence-corrected chi connectivity index (χ0v) is 13.2. The fourth-order valence-electron chi connectivity index (χ4n) is 2.44. The number of ether oxygens (including phenoxy) is 1. The number of rotatable bonds is 5. The molecule has 0 spiro atoms. The second-order valence-electron chi connectivity index (χ2n) is 6.82. The lowest BCUT2D eigenvalue weighted by molar-refractivity contribution is -0.123. The number of hydrogen-bond acceptors (Lipinski definition) is 3. The summed E-state index contributed by atoms with van der Waals surface area (Å²) in [6.45, 7) is 6.17. The van der Waals surface area contributed by atoms with Crippen molar-refractivity contribution >= 4 is 5.91 Å². The van der Waals surface area contributed by atoms with E-state index in [4.69, 9.17) is 4.74 Å². The predicted molar refractivity (Wildman–Crippen MR) is 82.3 cm³/mol. The topological polar surface area (TPSA) is 58.6 Å². The number of nitrogens with one attached hydrogen (secondary N) is 1. The number of amides is 1. The number of aliphatic hydroxyl groups is 1. The molecule has 3 unspecified atom stereocenters. The van der Waals surface area contributed by atoms with Gasteiger partial charge in [0.05, 0.1) is 13.2 Å². The predicted octanol–water partition coefficient (Wildman–Crippen LogP) is 2.32. The first kappa shape index (κ1) is 15.8. The van der Waals surface area contributed by atoms with Gasteiger partial charge >= 0.3 is 0 Å². The molecule has 1 amide bonds. The van der Waals surface area contributed by atoms with E-state index in [9.17, 15) is 9.90 Å². The summed E-state index contributed by atoms with van der Waals surface area (Å²) in [7, 11) is 1.65. The molecule has 0 saturated heterocycles. The molecule has 0 aromatic heterocycles. The smallest absolute Gasteiger partial charge is 0.223 e. The van der Waals surface area contributed by atoms with E-state index in [-0.39, 0.29) is 23.2 Å². The number of carbonyl (C=O) groups excluding carboxylic acids is 1. The maximum absolute atomic E-state index is 12.2. The van der Waals surface area contributed by atoms with Crippen molar-refractivity contribution in [3.8, 4) is 5.75 Å². The van der Waals surface area contributed by atoms with E-state index in [0.717, 1.165) is 17.7 Å². The molecule has 2 rings (SSSR count). The van der Waals surface area contributed by atoms with Crippen LogP contribution in [0.15, 0.2) is 24.3 Å². The lowest BCUT2D eigenvalue weighted by Crippen LogP contribution is -2.39. The highest BCUT2D eigenvalue weighted by Gasteiger charge is 2.45. The second kappa shape index (κ2) is 6.06. The van der Waals surface area contributed by atoms with Gasteiger partial charge in [-0.3, -0.25) is 4.79 Å². The summed E-state index contributed by atoms with van der Waals surface area (Å²) in [4.78, 5) is 12.2. The van der Waals surface area contributed by atoms with Crippen LogP contribution in [0.3, 0.4) is 0 Å². The van der Waals surface area contributed by atoms with E-state index in [1.807, 2.05) is 45.0 Å². The molecule has 4 heteroatoms. The number of methoxy groups -OCH3 is 1. The Morgan fingerprint density at radius 2 is 2.10 bits per heavy atom. The summed E-state index contributed by atoms with van der Waals surface area (Å²) in [5.74, 6) is 1.09. The van der Waals surface area contributed by atoms with Crippen LogP contribution in [-0.2, 0) is 4.79 Å². The first-order chi connectivity index (χ1) is 9.84. The normalized spacial score (nSPS) is 22.5. The molecule has 21 heavy (non-hydrogen) atoms. The van der Waals surface area contributed by atoms with E-state index in [0.29, 0.717) is 6.54 Å². The lowest BCUT2D eigenvalue weighted by Gasteiger charge is -2.25. The highest BCUT2D eigenvalue weighted by molar-refractivity contribution is 5.83. The molecular formula is C17H25NO3. The van der Waals surface area contributed by atoms with Crippen LogP contribution in [-0.4, -0.2) is 30.8 Å². The Morgan fingerprint density at radius 1 is 1.43 bits per heavy atom. The summed E-state index contributed by atoms with van der Waals surface area (Å²) in [5, 5.41) is 12.8. The van der Waals surface area contributed by atoms with Gasteiger partial charge in [-0.1, -0.05) is 39.0 Å². The number of para-hydroxylation sites is 1. The van der Waals surface area contributed by atoms with Gasteiger partial charge in [0.2, 0.25) is 5.91 Å². The first-order valence-electron chi connectivity index (χ1n) is 7.43. The fraction of sp³-hybridized carbons (Fsp3) is 0.588. The van der Waals surface area contributed by atoms with Crippen molar-refractivity contribution < 1.29 is 14.6 Å². The number of aliphatic hydroxyl groups excluding tert-OH is 1. The third kappa shape index (κ3) is 3.76. The zero-order valence-electron chi connectivity index (χ0n) is 13.2. The molecule has 1 aromatic rings. The van der Waals surface area contributed by atoms with Crippen LogP contribution in [0.25, 0.3) is 0 Å². The summed E-state index contributed by atoms with van der Waals surface area (Å²) >= 11 is 0. The summed E-state index contributed by atoms with van der Waals surface area (Å²) in [6.07, 6.45) is 0.308. The van der Waals surface area contributed by atoms with Gasteiger partial charge in [0.1, 0.15) is 5.75 Å².